The van der Waals surface area contributed by atoms with E-state index in [9.17, 15) is 0 Å². The number of hydrogen-bond donors (Lipinski definition) is 0. The van der Waals surface area contributed by atoms with E-state index in [1.54, 1.807) is 0 Å². The summed E-state index contributed by atoms with van der Waals surface area (Å²) in [5, 5.41) is 4.90. The normalized spacial score (nSPS) is 15.2. The maximum absolute atomic E-state index is 6.26. The summed E-state index contributed by atoms with van der Waals surface area (Å²) in [6.07, 6.45) is 3.84. The van der Waals surface area contributed by atoms with Crippen LogP contribution in [-0.4, -0.2) is 23.0 Å². The van der Waals surface area contributed by atoms with Crippen LogP contribution in [0, 0.1) is 0 Å². The van der Waals surface area contributed by atoms with Gasteiger partial charge in [-0.1, -0.05) is 133 Å². The first-order valence-corrected chi connectivity index (χ1v) is 18.0. The van der Waals surface area contributed by atoms with E-state index >= 15 is 0 Å². The molecular weight excluding hydrogens is 633 g/mol. The van der Waals surface area contributed by atoms with Crippen LogP contribution in [0.4, 0.5) is 0 Å². The second-order valence-corrected chi connectivity index (χ2v) is 14.6. The molecule has 0 bridgehead atoms. The molecule has 0 saturated heterocycles. The zero-order valence-electron chi connectivity index (χ0n) is 29.2. The van der Waals surface area contributed by atoms with E-state index < -0.39 is 5.41 Å². The lowest BCUT2D eigenvalue weighted by atomic mass is 9.67. The Bertz CT molecular complexity index is 2670. The lowest BCUT2D eigenvalue weighted by Crippen LogP contribution is -2.28. The zero-order chi connectivity index (χ0) is 34.9. The van der Waals surface area contributed by atoms with E-state index in [0.717, 1.165) is 16.7 Å². The Morgan fingerprint density at radius 3 is 1.87 bits per heavy atom. The largest absolute Gasteiger partial charge is 0.469 e. The maximum Gasteiger partial charge on any atom is 0.218 e. The van der Waals surface area contributed by atoms with Crippen molar-refractivity contribution >= 4 is 27.4 Å². The van der Waals surface area contributed by atoms with Crippen LogP contribution < -0.4 is 0 Å². The average Bonchev–Trinajstić information content (AvgIpc) is 3.72. The van der Waals surface area contributed by atoms with Crippen molar-refractivity contribution in [1.82, 2.24) is 4.98 Å². The van der Waals surface area contributed by atoms with Crippen molar-refractivity contribution in [3.63, 3.8) is 0 Å². The molecule has 0 amide bonds. The average molecular weight is 669 g/mol. The van der Waals surface area contributed by atoms with Gasteiger partial charge in [-0.2, -0.15) is 0 Å². The van der Waals surface area contributed by atoms with E-state index in [2.05, 4.69) is 172 Å². The number of hydrogen-bond acceptors (Lipinski definition) is 3. The maximum atomic E-state index is 6.26. The van der Waals surface area contributed by atoms with Crippen molar-refractivity contribution in [2.24, 2.45) is 4.99 Å². The zero-order valence-corrected chi connectivity index (χ0v) is 29.2. The Morgan fingerprint density at radius 2 is 1.13 bits per heavy atom. The van der Waals surface area contributed by atoms with E-state index in [-0.39, 0.29) is 5.60 Å². The monoisotopic (exact) mass is 668 g/mol. The van der Waals surface area contributed by atoms with Crippen LogP contribution >= 0.6 is 0 Å². The van der Waals surface area contributed by atoms with Gasteiger partial charge in [0.1, 0.15) is 5.60 Å². The molecule has 248 valence electrons. The molecule has 2 aliphatic rings. The molecule has 0 spiro atoms. The van der Waals surface area contributed by atoms with Gasteiger partial charge in [0.15, 0.2) is 0 Å². The van der Waals surface area contributed by atoms with E-state index in [1.165, 1.54) is 66.1 Å². The highest BCUT2D eigenvalue weighted by atomic mass is 16.5. The number of aliphatic imine (C=N–C) groups is 1. The number of rotatable bonds is 5. The van der Waals surface area contributed by atoms with Crippen LogP contribution in [0.5, 0.6) is 0 Å². The van der Waals surface area contributed by atoms with Crippen molar-refractivity contribution in [2.75, 3.05) is 6.54 Å². The predicted octanol–water partition coefficient (Wildman–Crippen LogP) is 11.6. The van der Waals surface area contributed by atoms with Crippen LogP contribution in [0.2, 0.25) is 0 Å². The van der Waals surface area contributed by atoms with Gasteiger partial charge in [-0.3, -0.25) is 4.98 Å². The predicted molar refractivity (Wildman–Crippen MR) is 214 cm³/mol. The Labute approximate surface area is 303 Å². The standard InChI is InChI=1S/C49H36N2O/c1-48(2)31-51-47(52-48)37-26-36(29-50-30-37)43-28-45-46(41-20-12-11-19-40(41)43)42-24-23-35(34-22-21-32-13-9-10-14-33(32)25-34)27-44(42)49(45,38-15-5-3-6-16-38)39-17-7-4-8-18-39/h3-30H,31H2,1-2H3. The highest BCUT2D eigenvalue weighted by molar-refractivity contribution is 6.10. The van der Waals surface area contributed by atoms with Gasteiger partial charge in [-0.15, -0.1) is 0 Å². The molecule has 0 atom stereocenters. The molecular formula is C49H36N2O. The fraction of sp³-hybridized carbons (Fsp3) is 0.102. The molecule has 3 heteroatoms. The van der Waals surface area contributed by atoms with Crippen molar-refractivity contribution in [3.05, 3.63) is 198 Å². The molecule has 0 saturated carbocycles. The summed E-state index contributed by atoms with van der Waals surface area (Å²) in [6, 6.07) is 58.1. The molecule has 1 aliphatic carbocycles. The van der Waals surface area contributed by atoms with Gasteiger partial charge in [0, 0.05) is 18.0 Å². The summed E-state index contributed by atoms with van der Waals surface area (Å²) in [7, 11) is 0. The van der Waals surface area contributed by atoms with Crippen LogP contribution in [0.3, 0.4) is 0 Å². The minimum absolute atomic E-state index is 0.325. The molecule has 0 N–H and O–H groups in total. The third kappa shape index (κ3) is 4.66. The summed E-state index contributed by atoms with van der Waals surface area (Å²) in [5.74, 6) is 0.654. The SMILES string of the molecule is CC1(C)CN=C(c2cncc(-c3cc4c(c5ccccc35)-c3ccc(-c5ccc6ccccc6c5)cc3C4(c3ccccc3)c3ccccc3)c2)O1. The van der Waals surface area contributed by atoms with Gasteiger partial charge in [0.05, 0.1) is 17.5 Å². The Balaban J connectivity index is 1.28. The highest BCUT2D eigenvalue weighted by Gasteiger charge is 2.47. The van der Waals surface area contributed by atoms with Crippen LogP contribution in [0.1, 0.15) is 41.7 Å². The quantitative estimate of drug-likeness (QED) is 0.183. The minimum atomic E-state index is -0.577. The summed E-state index contributed by atoms with van der Waals surface area (Å²) in [6.45, 7) is 4.78. The first-order valence-electron chi connectivity index (χ1n) is 18.0. The van der Waals surface area contributed by atoms with Crippen molar-refractivity contribution < 1.29 is 4.74 Å². The molecule has 1 aliphatic heterocycles. The molecule has 52 heavy (non-hydrogen) atoms. The first kappa shape index (κ1) is 30.5. The number of nitrogens with zero attached hydrogens (tertiary/aromatic N) is 2. The molecule has 0 fully saturated rings. The minimum Gasteiger partial charge on any atom is -0.469 e. The molecule has 2 heterocycles. The molecule has 7 aromatic carbocycles. The third-order valence-corrected chi connectivity index (χ3v) is 10.9. The lowest BCUT2D eigenvalue weighted by Gasteiger charge is -2.34. The smallest absolute Gasteiger partial charge is 0.218 e. The second kappa shape index (κ2) is 11.6. The van der Waals surface area contributed by atoms with Crippen molar-refractivity contribution in [2.45, 2.75) is 24.9 Å². The fourth-order valence-corrected chi connectivity index (χ4v) is 8.57. The topological polar surface area (TPSA) is 34.5 Å². The highest BCUT2D eigenvalue weighted by Crippen LogP contribution is 2.59. The van der Waals surface area contributed by atoms with Gasteiger partial charge < -0.3 is 4.74 Å². The molecule has 8 aromatic rings. The van der Waals surface area contributed by atoms with Gasteiger partial charge in [-0.05, 0) is 110 Å². The van der Waals surface area contributed by atoms with Crippen LogP contribution in [0.15, 0.2) is 175 Å². The Hall–Kier alpha value is -6.32. The summed E-state index contributed by atoms with van der Waals surface area (Å²) >= 11 is 0. The first-order chi connectivity index (χ1) is 25.5. The number of benzene rings is 7. The van der Waals surface area contributed by atoms with Crippen LogP contribution in [0.25, 0.3) is 54.9 Å². The molecule has 0 unspecified atom stereocenters. The Morgan fingerprint density at radius 1 is 0.500 bits per heavy atom. The van der Waals surface area contributed by atoms with E-state index in [1.807, 2.05) is 12.4 Å². The number of ether oxygens (including phenoxy) is 1. The molecule has 0 radical (unpaired) electrons. The Kier molecular flexibility index (Phi) is 6.81. The van der Waals surface area contributed by atoms with E-state index in [4.69, 9.17) is 14.7 Å². The van der Waals surface area contributed by atoms with Gasteiger partial charge in [0.25, 0.3) is 0 Å². The molecule has 3 nitrogen and oxygen atoms in total. The van der Waals surface area contributed by atoms with Gasteiger partial charge in [-0.25, -0.2) is 4.99 Å². The second-order valence-electron chi connectivity index (χ2n) is 14.6. The summed E-state index contributed by atoms with van der Waals surface area (Å²) < 4.78 is 6.26. The van der Waals surface area contributed by atoms with Crippen molar-refractivity contribution in [1.29, 1.82) is 0 Å². The summed E-state index contributed by atoms with van der Waals surface area (Å²) in [5.41, 5.74) is 12.2. The fourth-order valence-electron chi connectivity index (χ4n) is 8.57. The number of aromatic nitrogens is 1. The summed E-state index contributed by atoms with van der Waals surface area (Å²) in [4.78, 5) is 9.50. The number of fused-ring (bicyclic) bond motifs is 6. The molecule has 1 aromatic heterocycles. The third-order valence-electron chi connectivity index (χ3n) is 10.9. The molecule has 10 rings (SSSR count). The van der Waals surface area contributed by atoms with Crippen molar-refractivity contribution in [3.8, 4) is 33.4 Å². The van der Waals surface area contributed by atoms with E-state index in [0.29, 0.717) is 12.4 Å². The van der Waals surface area contributed by atoms with Gasteiger partial charge in [0.2, 0.25) is 5.90 Å². The van der Waals surface area contributed by atoms with Crippen LogP contribution in [-0.2, 0) is 10.2 Å². The number of pyridine rings is 1. The van der Waals surface area contributed by atoms with Gasteiger partial charge >= 0.3 is 0 Å². The lowest BCUT2D eigenvalue weighted by molar-refractivity contribution is 0.131.